The van der Waals surface area contributed by atoms with Gasteiger partial charge in [0, 0.05) is 6.42 Å². The monoisotopic (exact) mass is 827 g/mol. The van der Waals surface area contributed by atoms with Crippen molar-refractivity contribution in [2.24, 2.45) is 28.6 Å². The van der Waals surface area contributed by atoms with E-state index in [1.807, 2.05) is 6.92 Å². The third-order valence-electron chi connectivity index (χ3n) is 16.2. The van der Waals surface area contributed by atoms with Crippen LogP contribution in [-0.2, 0) is 22.8 Å². The largest absolute Gasteiger partial charge is 0.465 e. The number of ether oxygens (including phenoxy) is 1. The van der Waals surface area contributed by atoms with Crippen molar-refractivity contribution >= 4 is 30.9 Å². The highest BCUT2D eigenvalue weighted by atomic mass is 28.4. The molecule has 4 saturated carbocycles. The van der Waals surface area contributed by atoms with Gasteiger partial charge in [0.2, 0.25) is 0 Å². The van der Waals surface area contributed by atoms with Crippen molar-refractivity contribution in [3.8, 4) is 0 Å². The van der Waals surface area contributed by atoms with Gasteiger partial charge in [-0.1, -0.05) is 113 Å². The van der Waals surface area contributed by atoms with Gasteiger partial charge in [0.1, 0.15) is 0 Å². The SMILES string of the molecule is C=C1/C(=C\C=C2/CCC[C@]3(C)[C@@H]([C@@H](C)/C=C/[C@@H](O[Si](C)(C)C(C)(C)C)C4(C(=O)OCC)CC4)CC[C@@H]23)C[C@@H](O[Si](C)(C)C(C)(C)C)C[C@@H]1O[Si](C)(C)C(C)(C)C. The van der Waals surface area contributed by atoms with E-state index in [-0.39, 0.29) is 44.8 Å². The van der Waals surface area contributed by atoms with Crippen LogP contribution in [0.15, 0.2) is 47.6 Å². The molecule has 0 heterocycles. The van der Waals surface area contributed by atoms with Crippen LogP contribution in [0.5, 0.6) is 0 Å². The van der Waals surface area contributed by atoms with Gasteiger partial charge in [-0.05, 0) is 147 Å². The normalized spacial score (nSPS) is 30.5. The Labute approximate surface area is 348 Å². The number of fused-ring (bicyclic) bond motifs is 1. The summed E-state index contributed by atoms with van der Waals surface area (Å²) >= 11 is 0. The number of hydrogen-bond donors (Lipinski definition) is 0. The van der Waals surface area contributed by atoms with Gasteiger partial charge in [-0.15, -0.1) is 0 Å². The van der Waals surface area contributed by atoms with Gasteiger partial charge in [-0.25, -0.2) is 0 Å². The van der Waals surface area contributed by atoms with Crippen LogP contribution in [0.3, 0.4) is 0 Å². The zero-order valence-corrected chi connectivity index (χ0v) is 42.6. The maximum absolute atomic E-state index is 13.4. The number of rotatable bonds is 13. The van der Waals surface area contributed by atoms with Crippen molar-refractivity contribution in [2.45, 2.75) is 214 Å². The third-order valence-corrected chi connectivity index (χ3v) is 29.7. The summed E-state index contributed by atoms with van der Waals surface area (Å²) in [4.78, 5) is 13.4. The second-order valence-corrected chi connectivity index (χ2v) is 37.5. The molecule has 0 unspecified atom stereocenters. The minimum Gasteiger partial charge on any atom is -0.465 e. The zero-order valence-electron chi connectivity index (χ0n) is 39.6. The molecule has 7 atom stereocenters. The summed E-state index contributed by atoms with van der Waals surface area (Å²) in [6, 6.07) is 0. The Bertz CT molecular complexity index is 1510. The van der Waals surface area contributed by atoms with Crippen LogP contribution in [0.1, 0.15) is 141 Å². The average Bonchev–Trinajstić information content (AvgIpc) is 3.77. The summed E-state index contributed by atoms with van der Waals surface area (Å²) in [6.07, 6.45) is 19.2. The molecule has 4 fully saturated rings. The van der Waals surface area contributed by atoms with Crippen molar-refractivity contribution in [3.63, 3.8) is 0 Å². The number of carbonyl (C=O) groups is 1. The second-order valence-electron chi connectivity index (χ2n) is 23.3. The minimum absolute atomic E-state index is 0.00719. The fraction of sp³-hybridized carbons (Fsp3) is 0.812. The van der Waals surface area contributed by atoms with Gasteiger partial charge < -0.3 is 18.0 Å². The van der Waals surface area contributed by atoms with Crippen LogP contribution >= 0.6 is 0 Å². The Kier molecular flexibility index (Phi) is 14.3. The first-order valence-corrected chi connectivity index (χ1v) is 31.1. The molecule has 5 nitrogen and oxygen atoms in total. The molecule has 4 rings (SSSR count). The molecule has 8 heteroatoms. The number of hydrogen-bond acceptors (Lipinski definition) is 5. The third kappa shape index (κ3) is 10.1. The highest BCUT2D eigenvalue weighted by molar-refractivity contribution is 6.75. The first-order valence-electron chi connectivity index (χ1n) is 22.4. The van der Waals surface area contributed by atoms with Crippen LogP contribution < -0.4 is 0 Å². The molecule has 0 saturated heterocycles. The summed E-state index contributed by atoms with van der Waals surface area (Å²) in [5.74, 6) is 1.48. The maximum atomic E-state index is 13.4. The molecule has 0 spiro atoms. The summed E-state index contributed by atoms with van der Waals surface area (Å²) in [6.45, 7) is 47.0. The fourth-order valence-corrected chi connectivity index (χ4v) is 13.1. The molecular formula is C48H86O5Si3. The molecule has 0 aliphatic heterocycles. The van der Waals surface area contributed by atoms with Gasteiger partial charge in [0.05, 0.1) is 30.3 Å². The Morgan fingerprint density at radius 1 is 0.839 bits per heavy atom. The van der Waals surface area contributed by atoms with Gasteiger partial charge >= 0.3 is 5.97 Å². The first-order chi connectivity index (χ1) is 25.4. The first kappa shape index (κ1) is 47.6. The summed E-state index contributed by atoms with van der Waals surface area (Å²) < 4.78 is 27.0. The van der Waals surface area contributed by atoms with E-state index in [0.29, 0.717) is 24.4 Å². The molecule has 0 aromatic carbocycles. The lowest BCUT2D eigenvalue weighted by Gasteiger charge is -2.45. The molecule has 0 bridgehead atoms. The summed E-state index contributed by atoms with van der Waals surface area (Å²) in [7, 11) is -6.13. The predicted molar refractivity (Wildman–Crippen MR) is 246 cm³/mol. The van der Waals surface area contributed by atoms with E-state index in [1.165, 1.54) is 37.7 Å². The smallest absolute Gasteiger partial charge is 0.315 e. The highest BCUT2D eigenvalue weighted by Gasteiger charge is 2.59. The predicted octanol–water partition coefficient (Wildman–Crippen LogP) is 14.1. The van der Waals surface area contributed by atoms with E-state index in [1.54, 1.807) is 5.57 Å². The molecule has 4 aliphatic rings. The van der Waals surface area contributed by atoms with E-state index in [4.69, 9.17) is 24.6 Å². The van der Waals surface area contributed by atoms with E-state index in [2.05, 4.69) is 140 Å². The Balaban J connectivity index is 1.60. The Hall–Kier alpha value is -1.04. The molecule has 4 aliphatic carbocycles. The lowest BCUT2D eigenvalue weighted by molar-refractivity contribution is -0.152. The maximum Gasteiger partial charge on any atom is 0.315 e. The molecule has 0 aromatic rings. The molecule has 0 radical (unpaired) electrons. The zero-order chi connectivity index (χ0) is 42.5. The average molecular weight is 827 g/mol. The van der Waals surface area contributed by atoms with Crippen molar-refractivity contribution in [1.29, 1.82) is 0 Å². The second kappa shape index (κ2) is 16.8. The van der Waals surface area contributed by atoms with Crippen LogP contribution in [0.2, 0.25) is 54.4 Å². The molecule has 320 valence electrons. The van der Waals surface area contributed by atoms with Crippen LogP contribution in [-0.4, -0.2) is 55.8 Å². The topological polar surface area (TPSA) is 54.0 Å². The summed E-state index contributed by atoms with van der Waals surface area (Å²) in [5, 5.41) is 0.339. The van der Waals surface area contributed by atoms with E-state index in [9.17, 15) is 4.79 Å². The van der Waals surface area contributed by atoms with Crippen molar-refractivity contribution in [3.05, 3.63) is 47.6 Å². The standard InChI is InChI=1S/C48H86O5Si3/c1-20-50-43(49)48(30-31-48)42(53-56(18,19)46(10,11)12)28-23-34(2)39-26-27-40-36(22-21-29-47(39,40)13)24-25-37-32-38(51-54(14,15)44(4,5)6)33-41(35(37)3)52-55(16,17)45(7,8)9/h23-25,28,34,38-42H,3,20-22,26-27,29-33H2,1-2,4-19H3/b28-23+,36-24+,37-25-/t34-,38+,39+,40-,41-,42+,47+/m0/s1. The van der Waals surface area contributed by atoms with Gasteiger partial charge in [0.15, 0.2) is 25.0 Å². The number of allylic oxidation sites excluding steroid dienone is 4. The van der Waals surface area contributed by atoms with E-state index >= 15 is 0 Å². The minimum atomic E-state index is -2.13. The van der Waals surface area contributed by atoms with Gasteiger partial charge in [0.25, 0.3) is 0 Å². The van der Waals surface area contributed by atoms with E-state index < -0.39 is 30.4 Å². The fourth-order valence-electron chi connectivity index (χ4n) is 9.16. The Morgan fingerprint density at radius 2 is 1.41 bits per heavy atom. The molecular weight excluding hydrogens is 741 g/mol. The molecule has 0 N–H and O–H groups in total. The van der Waals surface area contributed by atoms with Crippen LogP contribution in [0, 0.1) is 28.6 Å². The molecule has 0 aromatic heterocycles. The number of esters is 1. The quantitative estimate of drug-likeness (QED) is 0.105. The Morgan fingerprint density at radius 3 is 1.95 bits per heavy atom. The van der Waals surface area contributed by atoms with Crippen molar-refractivity contribution in [1.82, 2.24) is 0 Å². The lowest BCUT2D eigenvalue weighted by Crippen LogP contribution is -2.49. The molecule has 56 heavy (non-hydrogen) atoms. The van der Waals surface area contributed by atoms with Crippen molar-refractivity contribution < 1.29 is 22.8 Å². The molecule has 0 amide bonds. The van der Waals surface area contributed by atoms with E-state index in [0.717, 1.165) is 31.3 Å². The van der Waals surface area contributed by atoms with Crippen molar-refractivity contribution in [2.75, 3.05) is 6.61 Å². The number of carbonyl (C=O) groups excluding carboxylic acids is 1. The van der Waals surface area contributed by atoms with Gasteiger partial charge in [-0.2, -0.15) is 0 Å². The van der Waals surface area contributed by atoms with Gasteiger partial charge in [-0.3, -0.25) is 4.79 Å². The lowest BCUT2D eigenvalue weighted by atomic mass is 9.61. The van der Waals surface area contributed by atoms with Crippen LogP contribution in [0.25, 0.3) is 0 Å². The highest BCUT2D eigenvalue weighted by Crippen LogP contribution is 2.60. The van der Waals surface area contributed by atoms with Crippen LogP contribution in [0.4, 0.5) is 0 Å². The summed E-state index contributed by atoms with van der Waals surface area (Å²) in [5.41, 5.74) is 3.80.